The first kappa shape index (κ1) is 24.1. The highest BCUT2D eigenvalue weighted by molar-refractivity contribution is 7.90. The Morgan fingerprint density at radius 3 is 2.26 bits per heavy atom. The summed E-state index contributed by atoms with van der Waals surface area (Å²) in [4.78, 5) is 4.49. The minimum absolute atomic E-state index is 0.0241. The van der Waals surface area contributed by atoms with Crippen molar-refractivity contribution in [2.75, 3.05) is 6.26 Å². The number of benzene rings is 3. The number of halogens is 3. The maximum Gasteiger partial charge on any atom is 0.175 e. The maximum absolute atomic E-state index is 15.4. The summed E-state index contributed by atoms with van der Waals surface area (Å²) in [5.74, 6) is -1.27. The summed E-state index contributed by atoms with van der Waals surface area (Å²) in [6.45, 7) is 3.03. The van der Waals surface area contributed by atoms with E-state index in [1.165, 1.54) is 67.1 Å². The number of aliphatic hydroxyl groups is 1. The number of nitrogens with zero attached hydrogens (tertiary/aromatic N) is 2. The highest BCUT2D eigenvalue weighted by atomic mass is 35.5. The minimum atomic E-state index is -3.43. The lowest BCUT2D eigenvalue weighted by Gasteiger charge is -2.13. The van der Waals surface area contributed by atoms with Gasteiger partial charge in [0.2, 0.25) is 0 Å². The monoisotopic (exact) mass is 502 g/mol. The lowest BCUT2D eigenvalue weighted by atomic mass is 10.0. The molecular weight excluding hydrogens is 482 g/mol. The van der Waals surface area contributed by atoms with Crippen LogP contribution >= 0.6 is 11.6 Å². The average Bonchev–Trinajstić information content (AvgIpc) is 3.18. The normalized spacial score (nSPS) is 12.2. The molecule has 3 aromatic carbocycles. The van der Waals surface area contributed by atoms with Crippen LogP contribution < -0.4 is 0 Å². The quantitative estimate of drug-likeness (QED) is 0.376. The summed E-state index contributed by atoms with van der Waals surface area (Å²) in [6, 6.07) is 14.7. The number of sulfone groups is 1. The molecule has 0 saturated heterocycles. The molecule has 176 valence electrons. The second-order valence-corrected chi connectivity index (χ2v) is 10.9. The average molecular weight is 503 g/mol. The molecule has 9 heteroatoms. The van der Waals surface area contributed by atoms with E-state index >= 15 is 4.39 Å². The third-order valence-electron chi connectivity index (χ3n) is 5.32. The van der Waals surface area contributed by atoms with Crippen molar-refractivity contribution in [3.8, 4) is 28.2 Å². The summed E-state index contributed by atoms with van der Waals surface area (Å²) in [7, 11) is -3.43. The second-order valence-electron chi connectivity index (χ2n) is 8.44. The maximum atomic E-state index is 15.4. The Labute approximate surface area is 201 Å². The van der Waals surface area contributed by atoms with Crippen LogP contribution in [0.1, 0.15) is 19.5 Å². The van der Waals surface area contributed by atoms with Crippen LogP contribution in [0.5, 0.6) is 0 Å². The van der Waals surface area contributed by atoms with Crippen LogP contribution in [0.4, 0.5) is 8.78 Å². The SMILES string of the molecule is CC(C)(O)c1cn(-c2ccc(-c3cccc(S(C)(=O)=O)c3)cc2F)c(-c2c(F)cccc2Cl)n1. The Hall–Kier alpha value is -3.07. The third-order valence-corrected chi connectivity index (χ3v) is 6.75. The zero-order valence-electron chi connectivity index (χ0n) is 18.6. The van der Waals surface area contributed by atoms with E-state index in [2.05, 4.69) is 4.98 Å². The first-order valence-electron chi connectivity index (χ1n) is 10.2. The van der Waals surface area contributed by atoms with E-state index in [-0.39, 0.29) is 32.7 Å². The highest BCUT2D eigenvalue weighted by Crippen LogP contribution is 2.35. The van der Waals surface area contributed by atoms with E-state index < -0.39 is 27.1 Å². The standard InChI is InChI=1S/C25H21ClF2N2O3S/c1-25(2,31)22-14-30(24(29-22)23-18(26)8-5-9-19(23)27)21-11-10-16(13-20(21)28)15-6-4-7-17(12-15)34(3,32)33/h4-14,31H,1-3H3. The molecule has 0 aliphatic carbocycles. The van der Waals surface area contributed by atoms with Crippen LogP contribution in [0.15, 0.2) is 71.8 Å². The molecule has 0 aliphatic rings. The van der Waals surface area contributed by atoms with Gasteiger partial charge in [-0.3, -0.25) is 4.57 Å². The van der Waals surface area contributed by atoms with Crippen molar-refractivity contribution in [2.45, 2.75) is 24.3 Å². The Morgan fingerprint density at radius 2 is 1.65 bits per heavy atom. The number of imidazole rings is 1. The van der Waals surface area contributed by atoms with Crippen molar-refractivity contribution in [3.05, 3.63) is 89.2 Å². The summed E-state index contributed by atoms with van der Waals surface area (Å²) in [5, 5.41) is 10.6. The van der Waals surface area contributed by atoms with Gasteiger partial charge in [-0.25, -0.2) is 22.2 Å². The number of hydrogen-bond acceptors (Lipinski definition) is 4. The highest BCUT2D eigenvalue weighted by Gasteiger charge is 2.26. The fourth-order valence-corrected chi connectivity index (χ4v) is 4.45. The predicted molar refractivity (Wildman–Crippen MR) is 128 cm³/mol. The summed E-state index contributed by atoms with van der Waals surface area (Å²) in [6.07, 6.45) is 2.53. The molecule has 4 rings (SSSR count). The van der Waals surface area contributed by atoms with Crippen molar-refractivity contribution in [1.82, 2.24) is 9.55 Å². The van der Waals surface area contributed by atoms with Crippen LogP contribution in [-0.4, -0.2) is 29.3 Å². The number of rotatable bonds is 5. The zero-order valence-corrected chi connectivity index (χ0v) is 20.1. The largest absolute Gasteiger partial charge is 0.384 e. The van der Waals surface area contributed by atoms with Gasteiger partial charge in [0.25, 0.3) is 0 Å². The molecule has 0 fully saturated rings. The van der Waals surface area contributed by atoms with Crippen LogP contribution in [0, 0.1) is 11.6 Å². The Balaban J connectivity index is 1.88. The van der Waals surface area contributed by atoms with Crippen LogP contribution in [-0.2, 0) is 15.4 Å². The molecule has 34 heavy (non-hydrogen) atoms. The van der Waals surface area contributed by atoms with Crippen molar-refractivity contribution >= 4 is 21.4 Å². The van der Waals surface area contributed by atoms with Gasteiger partial charge in [0.15, 0.2) is 9.84 Å². The molecule has 0 atom stereocenters. The molecule has 0 spiro atoms. The van der Waals surface area contributed by atoms with E-state index in [4.69, 9.17) is 11.6 Å². The molecule has 0 amide bonds. The lowest BCUT2D eigenvalue weighted by Crippen LogP contribution is -2.15. The van der Waals surface area contributed by atoms with Gasteiger partial charge in [0.05, 0.1) is 26.9 Å². The van der Waals surface area contributed by atoms with Gasteiger partial charge in [-0.15, -0.1) is 0 Å². The van der Waals surface area contributed by atoms with Crippen LogP contribution in [0.2, 0.25) is 5.02 Å². The van der Waals surface area contributed by atoms with Crippen molar-refractivity contribution < 1.29 is 22.3 Å². The molecule has 0 radical (unpaired) electrons. The summed E-state index contributed by atoms with van der Waals surface area (Å²) in [5.41, 5.74) is -0.163. The van der Waals surface area contributed by atoms with Gasteiger partial charge in [-0.05, 0) is 61.4 Å². The number of hydrogen-bond donors (Lipinski definition) is 1. The van der Waals surface area contributed by atoms with Gasteiger partial charge in [0.1, 0.15) is 23.1 Å². The van der Waals surface area contributed by atoms with Gasteiger partial charge >= 0.3 is 0 Å². The first-order chi connectivity index (χ1) is 15.9. The van der Waals surface area contributed by atoms with Gasteiger partial charge in [0, 0.05) is 12.5 Å². The second kappa shape index (κ2) is 8.61. The molecular formula is C25H21ClF2N2O3S. The van der Waals surface area contributed by atoms with Crippen LogP contribution in [0.3, 0.4) is 0 Å². The topological polar surface area (TPSA) is 72.2 Å². The lowest BCUT2D eigenvalue weighted by molar-refractivity contribution is 0.0743. The molecule has 1 aromatic heterocycles. The van der Waals surface area contributed by atoms with E-state index in [0.717, 1.165) is 6.26 Å². The number of aromatic nitrogens is 2. The van der Waals surface area contributed by atoms with E-state index in [9.17, 15) is 17.9 Å². The smallest absolute Gasteiger partial charge is 0.175 e. The fourth-order valence-electron chi connectivity index (χ4n) is 3.53. The van der Waals surface area contributed by atoms with Gasteiger partial charge in [-0.2, -0.15) is 0 Å². The van der Waals surface area contributed by atoms with Crippen molar-refractivity contribution in [2.24, 2.45) is 0 Å². The predicted octanol–water partition coefficient (Wildman–Crippen LogP) is 5.77. The fraction of sp³-hybridized carbons (Fsp3) is 0.160. The molecule has 5 nitrogen and oxygen atoms in total. The molecule has 0 unspecified atom stereocenters. The molecule has 0 bridgehead atoms. The Morgan fingerprint density at radius 1 is 0.971 bits per heavy atom. The molecule has 0 aliphatic heterocycles. The molecule has 4 aromatic rings. The summed E-state index contributed by atoms with van der Waals surface area (Å²) >= 11 is 6.24. The van der Waals surface area contributed by atoms with Crippen LogP contribution in [0.25, 0.3) is 28.2 Å². The van der Waals surface area contributed by atoms with Gasteiger partial charge in [-0.1, -0.05) is 35.9 Å². The molecule has 1 N–H and O–H groups in total. The molecule has 0 saturated carbocycles. The Kier molecular flexibility index (Phi) is 6.10. The first-order valence-corrected chi connectivity index (χ1v) is 12.5. The minimum Gasteiger partial charge on any atom is -0.384 e. The van der Waals surface area contributed by atoms with Crippen molar-refractivity contribution in [1.29, 1.82) is 0 Å². The third kappa shape index (κ3) is 4.61. The van der Waals surface area contributed by atoms with Crippen molar-refractivity contribution in [3.63, 3.8) is 0 Å². The Bertz CT molecular complexity index is 1490. The van der Waals surface area contributed by atoms with E-state index in [1.54, 1.807) is 18.2 Å². The zero-order chi connectivity index (χ0) is 24.8. The van der Waals surface area contributed by atoms with Gasteiger partial charge < -0.3 is 5.11 Å². The molecule has 1 heterocycles. The van der Waals surface area contributed by atoms with E-state index in [1.807, 2.05) is 0 Å². The van der Waals surface area contributed by atoms with E-state index in [0.29, 0.717) is 11.1 Å². The summed E-state index contributed by atoms with van der Waals surface area (Å²) < 4.78 is 55.2.